The zero-order chi connectivity index (χ0) is 18.0. The van der Waals surface area contributed by atoms with Crippen molar-refractivity contribution in [2.45, 2.75) is 32.1 Å². The standard InChI is InChI=1S/C20H18FN3O/c1-3-14-9-15-4-5-16(10-17(15)24-19(14)25)20(2,12-22)11-13-6-7-23-18(21)8-13/h4-10H,3,11H2,1-2H3,(H,24,25). The van der Waals surface area contributed by atoms with Gasteiger partial charge in [0.25, 0.3) is 5.56 Å². The number of aromatic nitrogens is 2. The molecule has 2 heterocycles. The Kier molecular flexibility index (Phi) is 4.37. The number of nitriles is 1. The van der Waals surface area contributed by atoms with Crippen molar-refractivity contribution in [3.63, 3.8) is 0 Å². The van der Waals surface area contributed by atoms with Crippen molar-refractivity contribution in [3.05, 3.63) is 75.6 Å². The Labute approximate surface area is 145 Å². The third-order valence-corrected chi connectivity index (χ3v) is 4.54. The van der Waals surface area contributed by atoms with Gasteiger partial charge in [0.1, 0.15) is 0 Å². The number of rotatable bonds is 4. The Morgan fingerprint density at radius 1 is 1.28 bits per heavy atom. The first-order valence-corrected chi connectivity index (χ1v) is 8.13. The normalized spacial score (nSPS) is 13.4. The van der Waals surface area contributed by atoms with Gasteiger partial charge >= 0.3 is 0 Å². The largest absolute Gasteiger partial charge is 0.322 e. The molecule has 25 heavy (non-hydrogen) atoms. The smallest absolute Gasteiger partial charge is 0.251 e. The van der Waals surface area contributed by atoms with E-state index in [1.807, 2.05) is 38.1 Å². The molecule has 0 saturated heterocycles. The van der Waals surface area contributed by atoms with Gasteiger partial charge in [0.15, 0.2) is 0 Å². The van der Waals surface area contributed by atoms with Gasteiger partial charge in [-0.05, 0) is 60.5 Å². The van der Waals surface area contributed by atoms with Gasteiger partial charge in [0.2, 0.25) is 5.95 Å². The lowest BCUT2D eigenvalue weighted by Gasteiger charge is -2.22. The zero-order valence-corrected chi connectivity index (χ0v) is 14.1. The molecule has 0 aliphatic rings. The molecule has 4 nitrogen and oxygen atoms in total. The van der Waals surface area contributed by atoms with Crippen molar-refractivity contribution in [1.29, 1.82) is 5.26 Å². The summed E-state index contributed by atoms with van der Waals surface area (Å²) in [6.07, 6.45) is 2.41. The Morgan fingerprint density at radius 2 is 2.08 bits per heavy atom. The molecule has 0 fully saturated rings. The zero-order valence-electron chi connectivity index (χ0n) is 14.1. The van der Waals surface area contributed by atoms with E-state index in [0.29, 0.717) is 23.9 Å². The van der Waals surface area contributed by atoms with Crippen LogP contribution in [0.3, 0.4) is 0 Å². The SMILES string of the molecule is CCc1cc2ccc(C(C)(C#N)Cc3ccnc(F)c3)cc2[nH]c1=O. The number of benzene rings is 1. The minimum Gasteiger partial charge on any atom is -0.322 e. The first-order valence-electron chi connectivity index (χ1n) is 8.13. The Morgan fingerprint density at radius 3 is 2.76 bits per heavy atom. The van der Waals surface area contributed by atoms with E-state index in [1.54, 1.807) is 6.07 Å². The van der Waals surface area contributed by atoms with Gasteiger partial charge < -0.3 is 4.98 Å². The highest BCUT2D eigenvalue weighted by Crippen LogP contribution is 2.29. The number of nitrogens with zero attached hydrogens (tertiary/aromatic N) is 2. The molecular formula is C20H18FN3O. The molecule has 1 atom stereocenters. The van der Waals surface area contributed by atoms with Crippen molar-refractivity contribution >= 4 is 10.9 Å². The van der Waals surface area contributed by atoms with Crippen LogP contribution in [0.2, 0.25) is 0 Å². The van der Waals surface area contributed by atoms with Gasteiger partial charge in [-0.2, -0.15) is 9.65 Å². The van der Waals surface area contributed by atoms with Crippen molar-refractivity contribution in [2.75, 3.05) is 0 Å². The Hall–Kier alpha value is -3.00. The lowest BCUT2D eigenvalue weighted by atomic mass is 9.78. The Bertz CT molecular complexity index is 1040. The van der Waals surface area contributed by atoms with Crippen LogP contribution in [0.1, 0.15) is 30.5 Å². The minimum absolute atomic E-state index is 0.109. The average molecular weight is 335 g/mol. The van der Waals surface area contributed by atoms with Gasteiger partial charge in [0, 0.05) is 17.3 Å². The molecule has 0 radical (unpaired) electrons. The summed E-state index contributed by atoms with van der Waals surface area (Å²) in [5.74, 6) is -0.562. The summed E-state index contributed by atoms with van der Waals surface area (Å²) < 4.78 is 13.3. The van der Waals surface area contributed by atoms with Crippen LogP contribution < -0.4 is 5.56 Å². The molecule has 5 heteroatoms. The molecule has 2 aromatic heterocycles. The Balaban J connectivity index is 2.06. The van der Waals surface area contributed by atoms with Crippen LogP contribution in [0.15, 0.2) is 47.4 Å². The third kappa shape index (κ3) is 3.29. The second kappa shape index (κ2) is 6.48. The summed E-state index contributed by atoms with van der Waals surface area (Å²) in [4.78, 5) is 18.5. The second-order valence-corrected chi connectivity index (χ2v) is 6.39. The lowest BCUT2D eigenvalue weighted by Crippen LogP contribution is -2.23. The number of aryl methyl sites for hydroxylation is 1. The van der Waals surface area contributed by atoms with Gasteiger partial charge in [-0.25, -0.2) is 4.98 Å². The highest BCUT2D eigenvalue weighted by molar-refractivity contribution is 5.80. The van der Waals surface area contributed by atoms with E-state index in [4.69, 9.17) is 0 Å². The molecule has 1 N–H and O–H groups in total. The minimum atomic E-state index is -0.845. The summed E-state index contributed by atoms with van der Waals surface area (Å²) in [5, 5.41) is 10.7. The lowest BCUT2D eigenvalue weighted by molar-refractivity contribution is 0.569. The topological polar surface area (TPSA) is 69.5 Å². The van der Waals surface area contributed by atoms with E-state index in [-0.39, 0.29) is 5.56 Å². The molecule has 0 bridgehead atoms. The number of hydrogen-bond donors (Lipinski definition) is 1. The third-order valence-electron chi connectivity index (χ3n) is 4.54. The van der Waals surface area contributed by atoms with Crippen molar-refractivity contribution in [1.82, 2.24) is 9.97 Å². The number of H-pyrrole nitrogens is 1. The molecule has 0 spiro atoms. The summed E-state index contributed by atoms with van der Waals surface area (Å²) in [6, 6.07) is 12.9. The molecule has 1 aromatic carbocycles. The van der Waals surface area contributed by atoms with E-state index >= 15 is 0 Å². The molecule has 0 aliphatic heterocycles. The second-order valence-electron chi connectivity index (χ2n) is 6.39. The number of nitrogens with one attached hydrogen (secondary N) is 1. The van der Waals surface area contributed by atoms with Crippen LogP contribution in [0.4, 0.5) is 4.39 Å². The fourth-order valence-electron chi connectivity index (χ4n) is 3.02. The molecule has 126 valence electrons. The summed E-state index contributed by atoms with van der Waals surface area (Å²) in [7, 11) is 0. The van der Waals surface area contributed by atoms with Crippen molar-refractivity contribution < 1.29 is 4.39 Å². The van der Waals surface area contributed by atoms with Gasteiger partial charge in [0.05, 0.1) is 11.5 Å². The van der Waals surface area contributed by atoms with Crippen molar-refractivity contribution in [2.24, 2.45) is 0 Å². The van der Waals surface area contributed by atoms with Crippen LogP contribution in [0, 0.1) is 17.3 Å². The number of pyridine rings is 2. The van der Waals surface area contributed by atoms with Crippen LogP contribution in [-0.4, -0.2) is 9.97 Å². The summed E-state index contributed by atoms with van der Waals surface area (Å²) in [5.41, 5.74) is 1.95. The fourth-order valence-corrected chi connectivity index (χ4v) is 3.02. The van der Waals surface area contributed by atoms with Crippen LogP contribution in [-0.2, 0) is 18.3 Å². The first kappa shape index (κ1) is 16.8. The molecule has 1 unspecified atom stereocenters. The fraction of sp³-hybridized carbons (Fsp3) is 0.250. The van der Waals surface area contributed by atoms with E-state index in [0.717, 1.165) is 16.5 Å². The maximum Gasteiger partial charge on any atom is 0.251 e. The maximum absolute atomic E-state index is 13.3. The monoisotopic (exact) mass is 335 g/mol. The van der Waals surface area contributed by atoms with E-state index in [1.165, 1.54) is 12.3 Å². The predicted molar refractivity (Wildman–Crippen MR) is 94.8 cm³/mol. The van der Waals surface area contributed by atoms with Crippen LogP contribution in [0.25, 0.3) is 10.9 Å². The highest BCUT2D eigenvalue weighted by Gasteiger charge is 2.27. The molecule has 0 aliphatic carbocycles. The van der Waals surface area contributed by atoms with E-state index in [9.17, 15) is 14.4 Å². The first-order chi connectivity index (χ1) is 11.9. The van der Waals surface area contributed by atoms with Crippen molar-refractivity contribution in [3.8, 4) is 6.07 Å². The molecule has 3 rings (SSSR count). The number of fused-ring (bicyclic) bond motifs is 1. The van der Waals surface area contributed by atoms with Crippen LogP contribution >= 0.6 is 0 Å². The highest BCUT2D eigenvalue weighted by atomic mass is 19.1. The summed E-state index contributed by atoms with van der Waals surface area (Å²) in [6.45, 7) is 3.75. The summed E-state index contributed by atoms with van der Waals surface area (Å²) >= 11 is 0. The number of hydrogen-bond acceptors (Lipinski definition) is 3. The quantitative estimate of drug-likeness (QED) is 0.740. The van der Waals surface area contributed by atoms with Crippen LogP contribution in [0.5, 0.6) is 0 Å². The van der Waals surface area contributed by atoms with Gasteiger partial charge in [-0.1, -0.05) is 19.1 Å². The number of halogens is 1. The van der Waals surface area contributed by atoms with Gasteiger partial charge in [-0.3, -0.25) is 4.79 Å². The van der Waals surface area contributed by atoms with E-state index in [2.05, 4.69) is 16.0 Å². The number of aromatic amines is 1. The maximum atomic E-state index is 13.3. The molecular weight excluding hydrogens is 317 g/mol. The van der Waals surface area contributed by atoms with Gasteiger partial charge in [-0.15, -0.1) is 0 Å². The molecule has 0 saturated carbocycles. The molecule has 0 amide bonds. The molecule has 3 aromatic rings. The predicted octanol–water partition coefficient (Wildman–Crippen LogP) is 3.65. The van der Waals surface area contributed by atoms with E-state index < -0.39 is 11.4 Å². The average Bonchev–Trinajstić information content (AvgIpc) is 2.60.